The minimum absolute atomic E-state index is 0.170. The van der Waals surface area contributed by atoms with Crippen molar-refractivity contribution >= 4 is 29.4 Å². The molecule has 1 saturated heterocycles. The summed E-state index contributed by atoms with van der Waals surface area (Å²) < 4.78 is 19.8. The van der Waals surface area contributed by atoms with Gasteiger partial charge in [0.15, 0.2) is 0 Å². The van der Waals surface area contributed by atoms with Crippen LogP contribution in [0.2, 0.25) is 0 Å². The molecule has 12 heteroatoms. The summed E-state index contributed by atoms with van der Waals surface area (Å²) in [6.45, 7) is 0.00268. The van der Waals surface area contributed by atoms with Gasteiger partial charge in [0.25, 0.3) is 0 Å². The van der Waals surface area contributed by atoms with Gasteiger partial charge in [-0.1, -0.05) is 23.4 Å². The van der Waals surface area contributed by atoms with Crippen LogP contribution in [0.4, 0.5) is 10.3 Å². The van der Waals surface area contributed by atoms with E-state index in [2.05, 4.69) is 20.0 Å². The van der Waals surface area contributed by atoms with Crippen molar-refractivity contribution in [1.82, 2.24) is 9.97 Å². The Kier molecular flexibility index (Phi) is 6.70. The van der Waals surface area contributed by atoms with Crippen molar-refractivity contribution in [2.45, 2.75) is 13.0 Å². The van der Waals surface area contributed by atoms with E-state index in [1.54, 1.807) is 17.0 Å². The Morgan fingerprint density at radius 1 is 1.29 bits per heavy atom. The van der Waals surface area contributed by atoms with E-state index in [0.717, 1.165) is 0 Å². The van der Waals surface area contributed by atoms with Crippen molar-refractivity contribution < 1.29 is 28.7 Å². The van der Waals surface area contributed by atoms with Crippen molar-refractivity contribution in [3.05, 3.63) is 42.0 Å². The van der Waals surface area contributed by atoms with E-state index in [-0.39, 0.29) is 30.0 Å². The standard InChI is InChI=1S/C19H19FN6O5/c20-18-11(9-30-17(29)4-15(21)22)2-1-3-14(18)12-5-23-19(24-6-12)26-7-13(8-26)25-31-10-16(27)28/h1-3,5-6H,4,7-10H2,(H3,21,22)(H,27,28). The number of nitrogens with zero attached hydrogens (tertiary/aromatic N) is 4. The van der Waals surface area contributed by atoms with Gasteiger partial charge in [-0.25, -0.2) is 19.2 Å². The number of carboxylic acids is 1. The first-order chi connectivity index (χ1) is 14.8. The highest BCUT2D eigenvalue weighted by molar-refractivity contribution is 5.98. The number of hydrogen-bond donors (Lipinski definition) is 3. The summed E-state index contributed by atoms with van der Waals surface area (Å²) in [6.07, 6.45) is 2.59. The maximum absolute atomic E-state index is 14.8. The molecule has 0 atom stereocenters. The fraction of sp³-hybridized carbons (Fsp3) is 0.263. The molecule has 0 unspecified atom stereocenters. The lowest BCUT2D eigenvalue weighted by Crippen LogP contribution is -2.48. The van der Waals surface area contributed by atoms with Crippen LogP contribution in [-0.2, 0) is 25.8 Å². The molecule has 0 radical (unpaired) electrons. The molecule has 0 saturated carbocycles. The Hall–Kier alpha value is -4.09. The van der Waals surface area contributed by atoms with Gasteiger partial charge in [0.05, 0.1) is 18.8 Å². The van der Waals surface area contributed by atoms with Crippen molar-refractivity contribution in [3.63, 3.8) is 0 Å². The minimum atomic E-state index is -1.11. The molecular formula is C19H19FN6O5. The zero-order valence-electron chi connectivity index (χ0n) is 16.2. The SMILES string of the molecule is N=C(N)CC(=O)OCc1cccc(-c2cnc(N3CC(=NOCC(=O)O)C3)nc2)c1F. The number of esters is 1. The van der Waals surface area contributed by atoms with Crippen molar-refractivity contribution in [3.8, 4) is 11.1 Å². The largest absolute Gasteiger partial charge is 0.479 e. The molecular weight excluding hydrogens is 411 g/mol. The summed E-state index contributed by atoms with van der Waals surface area (Å²) in [5.74, 6) is -2.30. The molecule has 1 fully saturated rings. The van der Waals surface area contributed by atoms with E-state index < -0.39 is 24.4 Å². The van der Waals surface area contributed by atoms with Gasteiger partial charge >= 0.3 is 11.9 Å². The number of benzene rings is 1. The zero-order chi connectivity index (χ0) is 22.4. The number of carbonyl (C=O) groups is 2. The van der Waals surface area contributed by atoms with Gasteiger partial charge < -0.3 is 25.3 Å². The van der Waals surface area contributed by atoms with Crippen molar-refractivity contribution in [2.75, 3.05) is 24.6 Å². The van der Waals surface area contributed by atoms with Crippen LogP contribution >= 0.6 is 0 Å². The normalized spacial score (nSPS) is 12.7. The number of halogens is 1. The number of carbonyl (C=O) groups excluding carboxylic acids is 1. The molecule has 31 heavy (non-hydrogen) atoms. The van der Waals surface area contributed by atoms with Gasteiger partial charge in [0.2, 0.25) is 12.6 Å². The van der Waals surface area contributed by atoms with Gasteiger partial charge in [-0.3, -0.25) is 10.2 Å². The fourth-order valence-corrected chi connectivity index (χ4v) is 2.67. The van der Waals surface area contributed by atoms with Crippen LogP contribution in [0.5, 0.6) is 0 Å². The van der Waals surface area contributed by atoms with Gasteiger partial charge in [-0.15, -0.1) is 0 Å². The third-order valence-corrected chi connectivity index (χ3v) is 4.16. The Labute approximate surface area is 175 Å². The van der Waals surface area contributed by atoms with Crippen LogP contribution in [0.25, 0.3) is 11.1 Å². The Bertz CT molecular complexity index is 1020. The summed E-state index contributed by atoms with van der Waals surface area (Å²) in [6, 6.07) is 4.67. The first-order valence-electron chi connectivity index (χ1n) is 9.06. The van der Waals surface area contributed by atoms with E-state index in [1.807, 2.05) is 0 Å². The average Bonchev–Trinajstić information content (AvgIpc) is 2.68. The number of oxime groups is 1. The van der Waals surface area contributed by atoms with E-state index >= 15 is 0 Å². The molecule has 4 N–H and O–H groups in total. The van der Waals surface area contributed by atoms with Crippen LogP contribution in [0.1, 0.15) is 12.0 Å². The lowest BCUT2D eigenvalue weighted by Gasteiger charge is -2.31. The molecule has 2 aromatic rings. The molecule has 1 aliphatic heterocycles. The average molecular weight is 430 g/mol. The second-order valence-corrected chi connectivity index (χ2v) is 6.59. The molecule has 2 heterocycles. The number of ether oxygens (including phenoxy) is 1. The Balaban J connectivity index is 1.62. The number of hydrogen-bond acceptors (Lipinski definition) is 9. The van der Waals surface area contributed by atoms with Gasteiger partial charge in [0, 0.05) is 29.1 Å². The molecule has 1 aliphatic rings. The molecule has 0 spiro atoms. The molecule has 1 aromatic carbocycles. The minimum Gasteiger partial charge on any atom is -0.479 e. The smallest absolute Gasteiger partial charge is 0.344 e. The molecule has 0 bridgehead atoms. The molecule has 11 nitrogen and oxygen atoms in total. The highest BCUT2D eigenvalue weighted by atomic mass is 19.1. The fourth-order valence-electron chi connectivity index (χ4n) is 2.67. The van der Waals surface area contributed by atoms with Crippen LogP contribution in [-0.4, -0.2) is 58.3 Å². The monoisotopic (exact) mass is 430 g/mol. The molecule has 0 amide bonds. The number of aromatic nitrogens is 2. The number of anilines is 1. The van der Waals surface area contributed by atoms with Gasteiger partial charge in [-0.05, 0) is 0 Å². The predicted molar refractivity (Wildman–Crippen MR) is 107 cm³/mol. The summed E-state index contributed by atoms with van der Waals surface area (Å²) in [4.78, 5) is 36.8. The third-order valence-electron chi connectivity index (χ3n) is 4.16. The molecule has 162 valence electrons. The Morgan fingerprint density at radius 2 is 2.00 bits per heavy atom. The quantitative estimate of drug-likeness (QED) is 0.227. The van der Waals surface area contributed by atoms with E-state index in [4.69, 9.17) is 21.0 Å². The van der Waals surface area contributed by atoms with Crippen LogP contribution in [0, 0.1) is 11.2 Å². The number of rotatable bonds is 9. The number of amidine groups is 1. The number of carboxylic acid groups (broad SMARTS) is 1. The van der Waals surface area contributed by atoms with Crippen molar-refractivity contribution in [1.29, 1.82) is 5.41 Å². The second-order valence-electron chi connectivity index (χ2n) is 6.59. The summed E-state index contributed by atoms with van der Waals surface area (Å²) in [5, 5.41) is 19.3. The van der Waals surface area contributed by atoms with E-state index in [9.17, 15) is 14.0 Å². The van der Waals surface area contributed by atoms with Crippen molar-refractivity contribution in [2.24, 2.45) is 10.9 Å². The second kappa shape index (κ2) is 9.61. The topological polar surface area (TPSA) is 164 Å². The molecule has 1 aromatic heterocycles. The molecule has 0 aliphatic carbocycles. The van der Waals surface area contributed by atoms with Crippen LogP contribution in [0.3, 0.4) is 0 Å². The van der Waals surface area contributed by atoms with Crippen LogP contribution < -0.4 is 10.6 Å². The van der Waals surface area contributed by atoms with Gasteiger partial charge in [-0.2, -0.15) is 0 Å². The first-order valence-corrected chi connectivity index (χ1v) is 9.06. The van der Waals surface area contributed by atoms with E-state index in [1.165, 1.54) is 18.5 Å². The van der Waals surface area contributed by atoms with Gasteiger partial charge in [0.1, 0.15) is 24.7 Å². The lowest BCUT2D eigenvalue weighted by molar-refractivity contribution is -0.144. The molecule has 3 rings (SSSR count). The lowest BCUT2D eigenvalue weighted by atomic mass is 10.1. The summed E-state index contributed by atoms with van der Waals surface area (Å²) in [7, 11) is 0. The maximum Gasteiger partial charge on any atom is 0.344 e. The number of nitrogens with one attached hydrogen (secondary N) is 1. The zero-order valence-corrected chi connectivity index (χ0v) is 16.2. The maximum atomic E-state index is 14.8. The Morgan fingerprint density at radius 3 is 2.65 bits per heavy atom. The first kappa shape index (κ1) is 21.6. The number of aliphatic carboxylic acids is 1. The predicted octanol–water partition coefficient (Wildman–Crippen LogP) is 0.929. The summed E-state index contributed by atoms with van der Waals surface area (Å²) in [5.41, 5.74) is 6.66. The number of nitrogens with two attached hydrogens (primary N) is 1. The third kappa shape index (κ3) is 5.72. The highest BCUT2D eigenvalue weighted by Gasteiger charge is 2.25. The van der Waals surface area contributed by atoms with E-state index in [0.29, 0.717) is 30.3 Å². The highest BCUT2D eigenvalue weighted by Crippen LogP contribution is 2.26. The summed E-state index contributed by atoms with van der Waals surface area (Å²) >= 11 is 0. The van der Waals surface area contributed by atoms with Crippen LogP contribution in [0.15, 0.2) is 35.7 Å².